The fraction of sp³-hybridized carbons (Fsp3) is 0.688. The standard InChI is InChI=1S/C16H26N2O/c1-12(2)19-15-9-6-10-17-16(15)18-11-14-8-5-4-7-13(14)3/h6,9-10,12-14H,4-5,7-8,11H2,1-3H3,(H,17,18). The van der Waals surface area contributed by atoms with Gasteiger partial charge in [0.15, 0.2) is 11.6 Å². The average molecular weight is 262 g/mol. The first-order valence-electron chi connectivity index (χ1n) is 7.52. The van der Waals surface area contributed by atoms with Gasteiger partial charge in [-0.3, -0.25) is 0 Å². The van der Waals surface area contributed by atoms with Crippen LogP contribution in [0.3, 0.4) is 0 Å². The second-order valence-electron chi connectivity index (χ2n) is 5.92. The van der Waals surface area contributed by atoms with Gasteiger partial charge in [-0.2, -0.15) is 0 Å². The molecule has 1 aromatic rings. The van der Waals surface area contributed by atoms with Crippen molar-refractivity contribution in [3.8, 4) is 5.75 Å². The van der Waals surface area contributed by atoms with E-state index in [0.717, 1.165) is 29.9 Å². The minimum atomic E-state index is 0.179. The predicted octanol–water partition coefficient (Wildman–Crippen LogP) is 4.11. The van der Waals surface area contributed by atoms with E-state index in [2.05, 4.69) is 17.2 Å². The summed E-state index contributed by atoms with van der Waals surface area (Å²) >= 11 is 0. The van der Waals surface area contributed by atoms with Crippen LogP contribution in [0.2, 0.25) is 0 Å². The molecule has 19 heavy (non-hydrogen) atoms. The molecule has 3 nitrogen and oxygen atoms in total. The van der Waals surface area contributed by atoms with Gasteiger partial charge in [0.1, 0.15) is 0 Å². The second-order valence-corrected chi connectivity index (χ2v) is 5.92. The van der Waals surface area contributed by atoms with Crippen LogP contribution in [0.5, 0.6) is 5.75 Å². The molecule has 1 saturated carbocycles. The molecule has 2 atom stereocenters. The Hall–Kier alpha value is -1.25. The molecule has 2 unspecified atom stereocenters. The van der Waals surface area contributed by atoms with Gasteiger partial charge >= 0.3 is 0 Å². The van der Waals surface area contributed by atoms with Crippen LogP contribution in [0, 0.1) is 11.8 Å². The second kappa shape index (κ2) is 6.78. The van der Waals surface area contributed by atoms with E-state index >= 15 is 0 Å². The van der Waals surface area contributed by atoms with E-state index in [0.29, 0.717) is 0 Å². The van der Waals surface area contributed by atoms with Gasteiger partial charge in [0.2, 0.25) is 0 Å². The Morgan fingerprint density at radius 3 is 2.89 bits per heavy atom. The molecule has 0 radical (unpaired) electrons. The Kier molecular flexibility index (Phi) is 5.06. The molecule has 1 heterocycles. The molecule has 0 saturated heterocycles. The lowest BCUT2D eigenvalue weighted by atomic mass is 9.80. The minimum absolute atomic E-state index is 0.179. The molecule has 0 bridgehead atoms. The van der Waals surface area contributed by atoms with E-state index in [-0.39, 0.29) is 6.10 Å². The Labute approximate surface area is 116 Å². The monoisotopic (exact) mass is 262 g/mol. The van der Waals surface area contributed by atoms with Crippen molar-refractivity contribution < 1.29 is 4.74 Å². The molecular weight excluding hydrogens is 236 g/mol. The smallest absolute Gasteiger partial charge is 0.168 e. The van der Waals surface area contributed by atoms with Crippen LogP contribution in [0.1, 0.15) is 46.5 Å². The molecule has 0 aliphatic heterocycles. The number of nitrogens with zero attached hydrogens (tertiary/aromatic N) is 1. The average Bonchev–Trinajstić information content (AvgIpc) is 2.39. The Balaban J connectivity index is 1.94. The van der Waals surface area contributed by atoms with Crippen LogP contribution in [-0.4, -0.2) is 17.6 Å². The van der Waals surface area contributed by atoms with Gasteiger partial charge in [0.25, 0.3) is 0 Å². The summed E-state index contributed by atoms with van der Waals surface area (Å²) in [7, 11) is 0. The van der Waals surface area contributed by atoms with Crippen molar-refractivity contribution in [2.24, 2.45) is 11.8 Å². The van der Waals surface area contributed by atoms with Gasteiger partial charge in [-0.25, -0.2) is 4.98 Å². The lowest BCUT2D eigenvalue weighted by Crippen LogP contribution is -2.25. The highest BCUT2D eigenvalue weighted by molar-refractivity contribution is 5.49. The van der Waals surface area contributed by atoms with Crippen molar-refractivity contribution in [3.05, 3.63) is 18.3 Å². The Bertz CT molecular complexity index is 392. The van der Waals surface area contributed by atoms with Crippen LogP contribution in [0.15, 0.2) is 18.3 Å². The Morgan fingerprint density at radius 1 is 1.37 bits per heavy atom. The third kappa shape index (κ3) is 4.12. The summed E-state index contributed by atoms with van der Waals surface area (Å²) in [5.41, 5.74) is 0. The molecule has 2 rings (SSSR count). The SMILES string of the molecule is CC(C)Oc1cccnc1NCC1CCCCC1C. The van der Waals surface area contributed by atoms with Gasteiger partial charge < -0.3 is 10.1 Å². The van der Waals surface area contributed by atoms with Crippen molar-refractivity contribution >= 4 is 5.82 Å². The van der Waals surface area contributed by atoms with Crippen LogP contribution in [0.25, 0.3) is 0 Å². The van der Waals surface area contributed by atoms with Crippen molar-refractivity contribution in [3.63, 3.8) is 0 Å². The topological polar surface area (TPSA) is 34.1 Å². The summed E-state index contributed by atoms with van der Waals surface area (Å²) in [4.78, 5) is 4.41. The molecule has 0 spiro atoms. The number of ether oxygens (including phenoxy) is 1. The molecule has 3 heteroatoms. The normalized spacial score (nSPS) is 23.4. The molecule has 1 aliphatic rings. The van der Waals surface area contributed by atoms with Gasteiger partial charge in [0.05, 0.1) is 6.10 Å². The maximum Gasteiger partial charge on any atom is 0.168 e. The van der Waals surface area contributed by atoms with Crippen molar-refractivity contribution in [1.29, 1.82) is 0 Å². The summed E-state index contributed by atoms with van der Waals surface area (Å²) in [5, 5.41) is 3.48. The van der Waals surface area contributed by atoms with Gasteiger partial charge in [-0.15, -0.1) is 0 Å². The van der Waals surface area contributed by atoms with E-state index in [1.54, 1.807) is 0 Å². The molecule has 1 N–H and O–H groups in total. The van der Waals surface area contributed by atoms with E-state index in [1.807, 2.05) is 32.2 Å². The van der Waals surface area contributed by atoms with Crippen LogP contribution in [0.4, 0.5) is 5.82 Å². The number of hydrogen-bond donors (Lipinski definition) is 1. The molecular formula is C16H26N2O. The summed E-state index contributed by atoms with van der Waals surface area (Å²) in [6.45, 7) is 7.46. The fourth-order valence-electron chi connectivity index (χ4n) is 2.80. The van der Waals surface area contributed by atoms with Crippen LogP contribution in [-0.2, 0) is 0 Å². The highest BCUT2D eigenvalue weighted by Crippen LogP contribution is 2.30. The van der Waals surface area contributed by atoms with Crippen LogP contribution >= 0.6 is 0 Å². The van der Waals surface area contributed by atoms with Crippen molar-refractivity contribution in [1.82, 2.24) is 4.98 Å². The van der Waals surface area contributed by atoms with Crippen molar-refractivity contribution in [2.45, 2.75) is 52.6 Å². The zero-order valence-corrected chi connectivity index (χ0v) is 12.4. The van der Waals surface area contributed by atoms with Gasteiger partial charge in [0, 0.05) is 12.7 Å². The third-order valence-electron chi connectivity index (χ3n) is 3.95. The zero-order valence-electron chi connectivity index (χ0n) is 12.4. The number of nitrogens with one attached hydrogen (secondary N) is 1. The number of anilines is 1. The lowest BCUT2D eigenvalue weighted by molar-refractivity contribution is 0.241. The number of rotatable bonds is 5. The summed E-state index contributed by atoms with van der Waals surface area (Å²) in [6.07, 6.45) is 7.46. The van der Waals surface area contributed by atoms with E-state index in [1.165, 1.54) is 25.7 Å². The fourth-order valence-corrected chi connectivity index (χ4v) is 2.80. The molecule has 1 aromatic heterocycles. The molecule has 1 fully saturated rings. The predicted molar refractivity (Wildman–Crippen MR) is 79.6 cm³/mol. The van der Waals surface area contributed by atoms with Crippen LogP contribution < -0.4 is 10.1 Å². The quantitative estimate of drug-likeness (QED) is 0.867. The maximum atomic E-state index is 5.79. The lowest BCUT2D eigenvalue weighted by Gasteiger charge is -2.29. The van der Waals surface area contributed by atoms with Gasteiger partial charge in [-0.05, 0) is 44.2 Å². The first kappa shape index (κ1) is 14.2. The highest BCUT2D eigenvalue weighted by Gasteiger charge is 2.21. The first-order valence-corrected chi connectivity index (χ1v) is 7.52. The molecule has 0 aromatic carbocycles. The number of pyridine rings is 1. The van der Waals surface area contributed by atoms with E-state index in [4.69, 9.17) is 4.74 Å². The first-order chi connectivity index (χ1) is 9.16. The third-order valence-corrected chi connectivity index (χ3v) is 3.95. The number of aromatic nitrogens is 1. The molecule has 1 aliphatic carbocycles. The van der Waals surface area contributed by atoms with E-state index < -0.39 is 0 Å². The summed E-state index contributed by atoms with van der Waals surface area (Å²) in [6, 6.07) is 3.91. The van der Waals surface area contributed by atoms with Crippen molar-refractivity contribution in [2.75, 3.05) is 11.9 Å². The molecule has 106 valence electrons. The maximum absolute atomic E-state index is 5.79. The largest absolute Gasteiger partial charge is 0.487 e. The number of hydrogen-bond acceptors (Lipinski definition) is 3. The minimum Gasteiger partial charge on any atom is -0.487 e. The molecule has 0 amide bonds. The zero-order chi connectivity index (χ0) is 13.7. The Morgan fingerprint density at radius 2 is 2.16 bits per heavy atom. The summed E-state index contributed by atoms with van der Waals surface area (Å²) in [5.74, 6) is 3.33. The summed E-state index contributed by atoms with van der Waals surface area (Å²) < 4.78 is 5.79. The van der Waals surface area contributed by atoms with Gasteiger partial charge in [-0.1, -0.05) is 26.2 Å². The highest BCUT2D eigenvalue weighted by atomic mass is 16.5. The van der Waals surface area contributed by atoms with E-state index in [9.17, 15) is 0 Å².